The van der Waals surface area contributed by atoms with Crippen LogP contribution >= 0.6 is 0 Å². The Kier molecular flexibility index (Phi) is 4.62. The fourth-order valence-corrected chi connectivity index (χ4v) is 3.67. The van der Waals surface area contributed by atoms with Crippen LogP contribution in [0.2, 0.25) is 0 Å². The molecule has 8 heteroatoms. The number of fused-ring (bicyclic) bond motifs is 1. The van der Waals surface area contributed by atoms with Gasteiger partial charge >= 0.3 is 5.97 Å². The molecule has 2 aromatic heterocycles. The molecule has 0 N–H and O–H groups in total. The molecule has 0 atom stereocenters. The Balaban J connectivity index is 1.60. The van der Waals surface area contributed by atoms with Crippen LogP contribution < -0.4 is 5.56 Å². The van der Waals surface area contributed by atoms with Gasteiger partial charge in [-0.25, -0.2) is 18.5 Å². The normalized spacial score (nSPS) is 13.5. The lowest BCUT2D eigenvalue weighted by atomic mass is 10.1. The summed E-state index contributed by atoms with van der Waals surface area (Å²) in [5.74, 6) is -0.460. The third-order valence-electron chi connectivity index (χ3n) is 5.45. The maximum absolute atomic E-state index is 13.4. The molecular weight excluding hydrogens is 399 g/mol. The minimum Gasteiger partial charge on any atom is -0.465 e. The summed E-state index contributed by atoms with van der Waals surface area (Å²) in [4.78, 5) is 25.0. The topological polar surface area (TPSA) is 79.0 Å². The van der Waals surface area contributed by atoms with Gasteiger partial charge in [0, 0.05) is 11.3 Å². The number of esters is 1. The number of benzene rings is 2. The molecule has 1 fully saturated rings. The number of ether oxygens (including phenoxy) is 1. The van der Waals surface area contributed by atoms with Gasteiger partial charge in [0.05, 0.1) is 36.8 Å². The molecule has 0 aliphatic heterocycles. The minimum absolute atomic E-state index is 0.255. The number of carbonyl (C=O) groups excluding carboxylic acids is 1. The zero-order chi connectivity index (χ0) is 21.5. The monoisotopic (exact) mass is 418 g/mol. The quantitative estimate of drug-likeness (QED) is 0.464. The molecule has 156 valence electrons. The van der Waals surface area contributed by atoms with Gasteiger partial charge in [0.15, 0.2) is 0 Å². The van der Waals surface area contributed by atoms with Crippen molar-refractivity contribution in [1.82, 2.24) is 19.6 Å². The van der Waals surface area contributed by atoms with Crippen LogP contribution in [-0.2, 0) is 11.3 Å². The number of rotatable bonds is 5. The molecule has 0 bridgehead atoms. The number of aromatic nitrogens is 4. The first-order chi connectivity index (χ1) is 15.0. The molecule has 0 radical (unpaired) electrons. The number of nitrogens with zero attached hydrogens (tertiary/aromatic N) is 4. The summed E-state index contributed by atoms with van der Waals surface area (Å²) < 4.78 is 21.1. The molecule has 0 saturated heterocycles. The largest absolute Gasteiger partial charge is 0.465 e. The molecule has 0 amide bonds. The average Bonchev–Trinajstić information content (AvgIpc) is 3.54. The van der Waals surface area contributed by atoms with Crippen LogP contribution in [0, 0.1) is 5.82 Å². The van der Waals surface area contributed by atoms with Gasteiger partial charge in [-0.3, -0.25) is 4.79 Å². The van der Waals surface area contributed by atoms with E-state index >= 15 is 0 Å². The van der Waals surface area contributed by atoms with Crippen molar-refractivity contribution in [2.75, 3.05) is 7.11 Å². The van der Waals surface area contributed by atoms with Crippen LogP contribution in [0.3, 0.4) is 0 Å². The summed E-state index contributed by atoms with van der Waals surface area (Å²) in [6, 6.07) is 12.7. The molecule has 4 aromatic rings. The zero-order valence-corrected chi connectivity index (χ0v) is 16.8. The van der Waals surface area contributed by atoms with E-state index in [4.69, 9.17) is 4.74 Å². The summed E-state index contributed by atoms with van der Waals surface area (Å²) in [7, 11) is 1.33. The Morgan fingerprint density at radius 1 is 1.13 bits per heavy atom. The molecule has 1 aliphatic carbocycles. The van der Waals surface area contributed by atoms with E-state index < -0.39 is 5.97 Å². The van der Waals surface area contributed by atoms with Crippen molar-refractivity contribution in [1.29, 1.82) is 0 Å². The Hall–Kier alpha value is -3.81. The number of hydrogen-bond acceptors (Lipinski definition) is 5. The average molecular weight is 418 g/mol. The Labute approximate surface area is 176 Å². The van der Waals surface area contributed by atoms with E-state index in [1.54, 1.807) is 47.3 Å². The van der Waals surface area contributed by atoms with Crippen molar-refractivity contribution in [3.05, 3.63) is 87.7 Å². The molecule has 5 rings (SSSR count). The van der Waals surface area contributed by atoms with Crippen molar-refractivity contribution in [3.63, 3.8) is 0 Å². The first kappa shape index (κ1) is 19.2. The molecule has 1 saturated carbocycles. The highest BCUT2D eigenvalue weighted by Crippen LogP contribution is 2.41. The molecule has 2 aromatic carbocycles. The van der Waals surface area contributed by atoms with Crippen LogP contribution in [0.4, 0.5) is 4.39 Å². The predicted molar refractivity (Wildman–Crippen MR) is 112 cm³/mol. The number of methoxy groups -OCH3 is 1. The maximum atomic E-state index is 13.4. The predicted octanol–water partition coefficient (Wildman–Crippen LogP) is 3.43. The van der Waals surface area contributed by atoms with Crippen LogP contribution in [0.15, 0.2) is 59.5 Å². The van der Waals surface area contributed by atoms with E-state index in [-0.39, 0.29) is 17.9 Å². The zero-order valence-electron chi connectivity index (χ0n) is 16.8. The van der Waals surface area contributed by atoms with E-state index in [1.807, 2.05) is 0 Å². The molecule has 1 aliphatic rings. The maximum Gasteiger partial charge on any atom is 0.337 e. The highest BCUT2D eigenvalue weighted by atomic mass is 19.1. The molecule has 31 heavy (non-hydrogen) atoms. The Morgan fingerprint density at radius 3 is 2.48 bits per heavy atom. The number of carbonyl (C=O) groups is 1. The lowest BCUT2D eigenvalue weighted by Gasteiger charge is -2.10. The summed E-state index contributed by atoms with van der Waals surface area (Å²) in [6.45, 7) is 0.255. The fourth-order valence-electron chi connectivity index (χ4n) is 3.67. The second-order valence-electron chi connectivity index (χ2n) is 7.61. The van der Waals surface area contributed by atoms with E-state index in [9.17, 15) is 14.0 Å². The Bertz CT molecular complexity index is 1340. The van der Waals surface area contributed by atoms with Gasteiger partial charge in [-0.2, -0.15) is 10.2 Å². The molecule has 0 unspecified atom stereocenters. The first-order valence-electron chi connectivity index (χ1n) is 9.97. The van der Waals surface area contributed by atoms with Gasteiger partial charge in [0.2, 0.25) is 0 Å². The summed E-state index contributed by atoms with van der Waals surface area (Å²) in [6.07, 6.45) is 3.71. The smallest absolute Gasteiger partial charge is 0.337 e. The summed E-state index contributed by atoms with van der Waals surface area (Å²) in [5.41, 5.74) is 2.88. The van der Waals surface area contributed by atoms with Crippen molar-refractivity contribution in [2.24, 2.45) is 0 Å². The van der Waals surface area contributed by atoms with Gasteiger partial charge in [-0.15, -0.1) is 0 Å². The summed E-state index contributed by atoms with van der Waals surface area (Å²) in [5, 5.41) is 9.79. The van der Waals surface area contributed by atoms with Crippen LogP contribution in [-0.4, -0.2) is 32.6 Å². The molecule has 7 nitrogen and oxygen atoms in total. The van der Waals surface area contributed by atoms with Crippen molar-refractivity contribution < 1.29 is 13.9 Å². The van der Waals surface area contributed by atoms with Crippen molar-refractivity contribution in [3.8, 4) is 5.69 Å². The Morgan fingerprint density at radius 2 is 1.84 bits per heavy atom. The number of halogens is 1. The van der Waals surface area contributed by atoms with Gasteiger partial charge in [0.25, 0.3) is 5.56 Å². The van der Waals surface area contributed by atoms with Gasteiger partial charge in [0.1, 0.15) is 11.3 Å². The number of hydrogen-bond donors (Lipinski definition) is 0. The summed E-state index contributed by atoms with van der Waals surface area (Å²) >= 11 is 0. The van der Waals surface area contributed by atoms with E-state index in [2.05, 4.69) is 10.2 Å². The molecule has 0 spiro atoms. The first-order valence-corrected chi connectivity index (χ1v) is 9.97. The van der Waals surface area contributed by atoms with Crippen LogP contribution in [0.5, 0.6) is 0 Å². The minimum atomic E-state index is -0.414. The van der Waals surface area contributed by atoms with Crippen molar-refractivity contribution in [2.45, 2.75) is 25.3 Å². The van der Waals surface area contributed by atoms with Gasteiger partial charge in [-0.1, -0.05) is 12.1 Å². The second-order valence-corrected chi connectivity index (χ2v) is 7.61. The van der Waals surface area contributed by atoms with Crippen LogP contribution in [0.1, 0.15) is 40.4 Å². The van der Waals surface area contributed by atoms with Crippen molar-refractivity contribution >= 4 is 16.9 Å². The van der Waals surface area contributed by atoms with Gasteiger partial charge in [-0.05, 0) is 54.8 Å². The third kappa shape index (κ3) is 3.50. The van der Waals surface area contributed by atoms with Crippen LogP contribution in [0.25, 0.3) is 16.6 Å². The van der Waals surface area contributed by atoms with E-state index in [0.29, 0.717) is 22.7 Å². The standard InChI is InChI=1S/C23H19FN4O3/c1-31-23(30)16-4-2-14(3-5-16)13-27-22(29)21-19(20(26-27)15-6-7-15)12-25-28(21)18-10-8-17(24)9-11-18/h2-5,8-12,15H,6-7,13H2,1H3. The second kappa shape index (κ2) is 7.46. The SMILES string of the molecule is COC(=O)c1ccc(Cn2nc(C3CC3)c3cnn(-c4ccc(F)cc4)c3c2=O)cc1. The fraction of sp³-hybridized carbons (Fsp3) is 0.217. The third-order valence-corrected chi connectivity index (χ3v) is 5.45. The molecule has 2 heterocycles. The van der Waals surface area contributed by atoms with E-state index in [0.717, 1.165) is 29.5 Å². The lowest BCUT2D eigenvalue weighted by molar-refractivity contribution is 0.0600. The highest BCUT2D eigenvalue weighted by molar-refractivity contribution is 5.89. The van der Waals surface area contributed by atoms with E-state index in [1.165, 1.54) is 23.9 Å². The lowest BCUT2D eigenvalue weighted by Crippen LogP contribution is -2.26. The van der Waals surface area contributed by atoms with Gasteiger partial charge < -0.3 is 4.74 Å². The molecular formula is C23H19FN4O3. The highest BCUT2D eigenvalue weighted by Gasteiger charge is 2.30.